The van der Waals surface area contributed by atoms with Crippen molar-refractivity contribution in [3.63, 3.8) is 0 Å². The van der Waals surface area contributed by atoms with Crippen molar-refractivity contribution in [2.24, 2.45) is 0 Å². The lowest BCUT2D eigenvalue weighted by molar-refractivity contribution is 1.31. The number of nitrogens with one attached hydrogen (secondary N) is 1. The molecule has 20 heavy (non-hydrogen) atoms. The van der Waals surface area contributed by atoms with Gasteiger partial charge in [-0.1, -0.05) is 30.3 Å². The van der Waals surface area contributed by atoms with Gasteiger partial charge in [0.05, 0.1) is 5.52 Å². The van der Waals surface area contributed by atoms with Crippen molar-refractivity contribution in [2.75, 3.05) is 5.32 Å². The minimum Gasteiger partial charge on any atom is -0.340 e. The molecule has 0 radical (unpaired) electrons. The third kappa shape index (κ3) is 2.37. The summed E-state index contributed by atoms with van der Waals surface area (Å²) >= 11 is 0. The van der Waals surface area contributed by atoms with E-state index in [-0.39, 0.29) is 0 Å². The number of hydrogen-bond donors (Lipinski definition) is 1. The van der Waals surface area contributed by atoms with Gasteiger partial charge < -0.3 is 5.32 Å². The molecule has 0 aliphatic heterocycles. The van der Waals surface area contributed by atoms with Crippen molar-refractivity contribution in [3.8, 4) is 0 Å². The van der Waals surface area contributed by atoms with Gasteiger partial charge in [0.1, 0.15) is 5.82 Å². The Kier molecular flexibility index (Phi) is 3.15. The predicted molar refractivity (Wildman–Crippen MR) is 85.7 cm³/mol. The fourth-order valence-electron chi connectivity index (χ4n) is 2.42. The molecule has 1 N–H and O–H groups in total. The molecule has 0 fully saturated rings. The number of aromatic nitrogens is 1. The number of para-hydroxylation sites is 1. The number of rotatable bonds is 2. The summed E-state index contributed by atoms with van der Waals surface area (Å²) in [5, 5.41) is 4.64. The van der Waals surface area contributed by atoms with Crippen molar-refractivity contribution in [1.29, 1.82) is 0 Å². The third-order valence-electron chi connectivity index (χ3n) is 3.58. The quantitative estimate of drug-likeness (QED) is 0.710. The smallest absolute Gasteiger partial charge is 0.131 e. The van der Waals surface area contributed by atoms with Gasteiger partial charge in [0, 0.05) is 11.1 Å². The molecule has 2 nitrogen and oxygen atoms in total. The van der Waals surface area contributed by atoms with Crippen LogP contribution in [-0.2, 0) is 0 Å². The zero-order chi connectivity index (χ0) is 14.1. The van der Waals surface area contributed by atoms with Crippen molar-refractivity contribution in [3.05, 3.63) is 65.2 Å². The SMILES string of the molecule is Cc1ccc(C)c(Nc2cc(C)c3ccccc3n2)c1. The molecule has 100 valence electrons. The Labute approximate surface area is 119 Å². The molecule has 3 rings (SSSR count). The van der Waals surface area contributed by atoms with E-state index in [9.17, 15) is 0 Å². The lowest BCUT2D eigenvalue weighted by Gasteiger charge is -2.12. The number of anilines is 2. The third-order valence-corrected chi connectivity index (χ3v) is 3.58. The number of hydrogen-bond acceptors (Lipinski definition) is 2. The minimum absolute atomic E-state index is 0.898. The van der Waals surface area contributed by atoms with Crippen LogP contribution in [0.25, 0.3) is 10.9 Å². The van der Waals surface area contributed by atoms with E-state index in [0.29, 0.717) is 0 Å². The highest BCUT2D eigenvalue weighted by Crippen LogP contribution is 2.24. The molecule has 0 atom stereocenters. The van der Waals surface area contributed by atoms with Crippen molar-refractivity contribution in [1.82, 2.24) is 4.98 Å². The van der Waals surface area contributed by atoms with Crippen LogP contribution < -0.4 is 5.32 Å². The fraction of sp³-hybridized carbons (Fsp3) is 0.167. The molecular weight excluding hydrogens is 244 g/mol. The molecule has 0 saturated heterocycles. The molecule has 2 heteroatoms. The lowest BCUT2D eigenvalue weighted by Crippen LogP contribution is -1.97. The van der Waals surface area contributed by atoms with Crippen molar-refractivity contribution in [2.45, 2.75) is 20.8 Å². The molecular formula is C18H18N2. The fourth-order valence-corrected chi connectivity index (χ4v) is 2.42. The molecule has 0 unspecified atom stereocenters. The first kappa shape index (κ1) is 12.7. The van der Waals surface area contributed by atoms with Crippen LogP contribution in [0.2, 0.25) is 0 Å². The van der Waals surface area contributed by atoms with Gasteiger partial charge >= 0.3 is 0 Å². The number of fused-ring (bicyclic) bond motifs is 1. The maximum Gasteiger partial charge on any atom is 0.131 e. The first-order valence-corrected chi connectivity index (χ1v) is 6.84. The van der Waals surface area contributed by atoms with Crippen LogP contribution >= 0.6 is 0 Å². The van der Waals surface area contributed by atoms with E-state index in [1.807, 2.05) is 6.07 Å². The summed E-state index contributed by atoms with van der Waals surface area (Å²) in [6, 6.07) is 16.7. The van der Waals surface area contributed by atoms with E-state index in [0.717, 1.165) is 17.0 Å². The van der Waals surface area contributed by atoms with E-state index in [1.54, 1.807) is 0 Å². The largest absolute Gasteiger partial charge is 0.340 e. The molecule has 0 amide bonds. The van der Waals surface area contributed by atoms with E-state index in [1.165, 1.54) is 22.1 Å². The monoisotopic (exact) mass is 262 g/mol. The maximum absolute atomic E-state index is 4.69. The summed E-state index contributed by atoms with van der Waals surface area (Å²) in [4.78, 5) is 4.69. The topological polar surface area (TPSA) is 24.9 Å². The highest BCUT2D eigenvalue weighted by molar-refractivity contribution is 5.84. The molecule has 3 aromatic rings. The van der Waals surface area contributed by atoms with E-state index < -0.39 is 0 Å². The second kappa shape index (κ2) is 4.97. The Bertz CT molecular complexity index is 775. The van der Waals surface area contributed by atoms with Crippen LogP contribution in [0.3, 0.4) is 0 Å². The number of pyridine rings is 1. The highest BCUT2D eigenvalue weighted by atomic mass is 15.0. The summed E-state index contributed by atoms with van der Waals surface area (Å²) in [5.74, 6) is 0.898. The molecule has 0 saturated carbocycles. The summed E-state index contributed by atoms with van der Waals surface area (Å²) in [5.41, 5.74) is 5.86. The molecule has 1 heterocycles. The maximum atomic E-state index is 4.69. The summed E-state index contributed by atoms with van der Waals surface area (Å²) in [7, 11) is 0. The first-order valence-electron chi connectivity index (χ1n) is 6.84. The van der Waals surface area contributed by atoms with Crippen LogP contribution in [0.15, 0.2) is 48.5 Å². The van der Waals surface area contributed by atoms with Gasteiger partial charge in [-0.2, -0.15) is 0 Å². The van der Waals surface area contributed by atoms with Crippen LogP contribution in [0.5, 0.6) is 0 Å². The molecule has 0 spiro atoms. The van der Waals surface area contributed by atoms with Gasteiger partial charge in [-0.3, -0.25) is 0 Å². The van der Waals surface area contributed by atoms with Gasteiger partial charge in [-0.05, 0) is 55.7 Å². The average Bonchev–Trinajstić information content (AvgIpc) is 2.43. The van der Waals surface area contributed by atoms with E-state index >= 15 is 0 Å². The number of nitrogens with zero attached hydrogens (tertiary/aromatic N) is 1. The van der Waals surface area contributed by atoms with Gasteiger partial charge in [-0.25, -0.2) is 4.98 Å². The Morgan fingerprint density at radius 1 is 0.850 bits per heavy atom. The Hall–Kier alpha value is -2.35. The molecule has 0 aliphatic carbocycles. The van der Waals surface area contributed by atoms with Gasteiger partial charge in [0.2, 0.25) is 0 Å². The van der Waals surface area contributed by atoms with E-state index in [4.69, 9.17) is 4.98 Å². The van der Waals surface area contributed by atoms with Gasteiger partial charge in [0.15, 0.2) is 0 Å². The Morgan fingerprint density at radius 2 is 1.65 bits per heavy atom. The predicted octanol–water partition coefficient (Wildman–Crippen LogP) is 4.90. The van der Waals surface area contributed by atoms with Gasteiger partial charge in [-0.15, -0.1) is 0 Å². The van der Waals surface area contributed by atoms with Crippen LogP contribution in [-0.4, -0.2) is 4.98 Å². The standard InChI is InChI=1S/C18H18N2/c1-12-8-9-13(2)17(10-12)20-18-11-14(3)15-6-4-5-7-16(15)19-18/h4-11H,1-3H3,(H,19,20). The van der Waals surface area contributed by atoms with Crippen LogP contribution in [0.4, 0.5) is 11.5 Å². The molecule has 0 bridgehead atoms. The summed E-state index contributed by atoms with van der Waals surface area (Å²) in [6.45, 7) is 6.33. The van der Waals surface area contributed by atoms with E-state index in [2.05, 4.69) is 68.6 Å². The summed E-state index contributed by atoms with van der Waals surface area (Å²) in [6.07, 6.45) is 0. The van der Waals surface area contributed by atoms with Crippen LogP contribution in [0, 0.1) is 20.8 Å². The Balaban J connectivity index is 2.05. The minimum atomic E-state index is 0.898. The molecule has 2 aromatic carbocycles. The van der Waals surface area contributed by atoms with Crippen LogP contribution in [0.1, 0.15) is 16.7 Å². The Morgan fingerprint density at radius 3 is 2.50 bits per heavy atom. The molecule has 0 aliphatic rings. The van der Waals surface area contributed by atoms with Crippen molar-refractivity contribution >= 4 is 22.4 Å². The summed E-state index contributed by atoms with van der Waals surface area (Å²) < 4.78 is 0. The normalized spacial score (nSPS) is 10.8. The van der Waals surface area contributed by atoms with Gasteiger partial charge in [0.25, 0.3) is 0 Å². The second-order valence-electron chi connectivity index (χ2n) is 5.28. The number of benzene rings is 2. The first-order chi connectivity index (χ1) is 9.63. The number of aryl methyl sites for hydroxylation is 3. The van der Waals surface area contributed by atoms with Crippen molar-refractivity contribution < 1.29 is 0 Å². The lowest BCUT2D eigenvalue weighted by atomic mass is 10.1. The highest BCUT2D eigenvalue weighted by Gasteiger charge is 2.04. The second-order valence-corrected chi connectivity index (χ2v) is 5.28. The average molecular weight is 262 g/mol. The molecule has 1 aromatic heterocycles. The zero-order valence-corrected chi connectivity index (χ0v) is 12.1. The zero-order valence-electron chi connectivity index (χ0n) is 12.1.